The predicted octanol–water partition coefficient (Wildman–Crippen LogP) is 2.38. The molecule has 0 spiro atoms. The lowest BCUT2D eigenvalue weighted by Gasteiger charge is -2.25. The van der Waals surface area contributed by atoms with E-state index in [1.807, 2.05) is 18.2 Å². The minimum Gasteiger partial charge on any atom is -0.445 e. The summed E-state index contributed by atoms with van der Waals surface area (Å²) in [4.78, 5) is 23.2. The number of carbonyl (C=O) groups is 2. The fourth-order valence-electron chi connectivity index (χ4n) is 1.91. The first kappa shape index (κ1) is 20.2. The molecule has 0 aliphatic rings. The lowest BCUT2D eigenvalue weighted by Crippen LogP contribution is -2.39. The summed E-state index contributed by atoms with van der Waals surface area (Å²) >= 11 is 0. The lowest BCUT2D eigenvalue weighted by molar-refractivity contribution is -0.118. The third-order valence-electron chi connectivity index (χ3n) is 2.89. The second kappa shape index (κ2) is 10.1. The van der Waals surface area contributed by atoms with E-state index in [-0.39, 0.29) is 19.8 Å². The molecule has 0 aliphatic carbocycles. The van der Waals surface area contributed by atoms with E-state index in [0.717, 1.165) is 5.56 Å². The topological polar surface area (TPSA) is 117 Å². The number of nitrogens with two attached hydrogens (primary N) is 1. The average molecular weight is 358 g/mol. The molecule has 0 fully saturated rings. The molecule has 0 aromatic heterocycles. The third kappa shape index (κ3) is 6.70. The van der Waals surface area contributed by atoms with E-state index in [1.165, 1.54) is 0 Å². The van der Waals surface area contributed by atoms with Crippen LogP contribution in [-0.4, -0.2) is 31.0 Å². The molecule has 0 bridgehead atoms. The minimum atomic E-state index is -3.75. The summed E-state index contributed by atoms with van der Waals surface area (Å²) in [6.07, 6.45) is -1.23. The summed E-state index contributed by atoms with van der Waals surface area (Å²) in [5, 5.41) is 2.35. The van der Waals surface area contributed by atoms with Crippen molar-refractivity contribution in [1.82, 2.24) is 5.32 Å². The van der Waals surface area contributed by atoms with E-state index < -0.39 is 31.8 Å². The van der Waals surface area contributed by atoms with Gasteiger partial charge in [-0.3, -0.25) is 9.36 Å². The molecule has 134 valence electrons. The zero-order valence-electron chi connectivity index (χ0n) is 13.8. The van der Waals surface area contributed by atoms with Crippen molar-refractivity contribution in [3.05, 3.63) is 35.9 Å². The van der Waals surface area contributed by atoms with Crippen molar-refractivity contribution >= 4 is 19.6 Å². The Morgan fingerprint density at radius 1 is 1.17 bits per heavy atom. The number of rotatable bonds is 10. The van der Waals surface area contributed by atoms with Gasteiger partial charge in [0.05, 0.1) is 19.6 Å². The zero-order valence-corrected chi connectivity index (χ0v) is 14.7. The van der Waals surface area contributed by atoms with Crippen molar-refractivity contribution in [2.24, 2.45) is 5.73 Å². The second-order valence-corrected chi connectivity index (χ2v) is 6.99. The highest BCUT2D eigenvalue weighted by molar-refractivity contribution is 7.54. The van der Waals surface area contributed by atoms with E-state index >= 15 is 0 Å². The highest BCUT2D eigenvalue weighted by atomic mass is 31.2. The monoisotopic (exact) mass is 358 g/mol. The number of alkyl carbamates (subject to hydrolysis) is 1. The van der Waals surface area contributed by atoms with Crippen LogP contribution in [0.2, 0.25) is 0 Å². The van der Waals surface area contributed by atoms with E-state index in [9.17, 15) is 14.2 Å². The maximum Gasteiger partial charge on any atom is 0.408 e. The molecule has 1 aromatic rings. The van der Waals surface area contributed by atoms with Crippen molar-refractivity contribution in [1.29, 1.82) is 0 Å². The van der Waals surface area contributed by atoms with Crippen molar-refractivity contribution in [3.8, 4) is 0 Å². The minimum absolute atomic E-state index is 0.0313. The van der Waals surface area contributed by atoms with E-state index in [0.29, 0.717) is 0 Å². The molecule has 3 N–H and O–H groups in total. The summed E-state index contributed by atoms with van der Waals surface area (Å²) in [7, 11) is -3.75. The lowest BCUT2D eigenvalue weighted by atomic mass is 10.2. The van der Waals surface area contributed by atoms with Gasteiger partial charge in [-0.05, 0) is 19.4 Å². The summed E-state index contributed by atoms with van der Waals surface area (Å²) in [5.74, 6) is -1.96. The molecule has 24 heavy (non-hydrogen) atoms. The van der Waals surface area contributed by atoms with Gasteiger partial charge in [0.15, 0.2) is 0 Å². The Kier molecular flexibility index (Phi) is 8.46. The quantitative estimate of drug-likeness (QED) is 0.620. The van der Waals surface area contributed by atoms with Gasteiger partial charge in [-0.1, -0.05) is 30.3 Å². The van der Waals surface area contributed by atoms with Gasteiger partial charge in [0.25, 0.3) is 0 Å². The molecule has 0 saturated heterocycles. The standard InChI is InChI=1S/C15H23N2O6P/c1-3-22-24(20,23-4-2)14(10-13(16)18)17-15(19)21-11-12-8-6-5-7-9-12/h5-9,14H,3-4,10-11H2,1-2H3,(H2,16,18)(H,17,19)/t14-/m1/s1. The molecule has 0 unspecified atom stereocenters. The van der Waals surface area contributed by atoms with Crippen LogP contribution in [0.15, 0.2) is 30.3 Å². The van der Waals surface area contributed by atoms with E-state index in [4.69, 9.17) is 19.5 Å². The number of primary amides is 1. The van der Waals surface area contributed by atoms with Gasteiger partial charge in [0.2, 0.25) is 5.91 Å². The normalized spacial score (nSPS) is 12.4. The van der Waals surface area contributed by atoms with Gasteiger partial charge in [0.1, 0.15) is 12.4 Å². The van der Waals surface area contributed by atoms with Crippen LogP contribution in [0, 0.1) is 0 Å². The first-order valence-electron chi connectivity index (χ1n) is 7.55. The molecule has 1 rings (SSSR count). The van der Waals surface area contributed by atoms with Crippen molar-refractivity contribution in [2.45, 2.75) is 32.7 Å². The number of amides is 2. The summed E-state index contributed by atoms with van der Waals surface area (Å²) in [6.45, 7) is 3.46. The number of ether oxygens (including phenoxy) is 1. The van der Waals surface area contributed by atoms with Gasteiger partial charge in [-0.15, -0.1) is 0 Å². The smallest absolute Gasteiger partial charge is 0.408 e. The SMILES string of the molecule is CCOP(=O)(OCC)[C@H](CC(N)=O)NC(=O)OCc1ccccc1. The van der Waals surface area contributed by atoms with Crippen LogP contribution in [0.25, 0.3) is 0 Å². The molecule has 0 heterocycles. The Labute approximate surface area is 141 Å². The van der Waals surface area contributed by atoms with Crippen LogP contribution >= 0.6 is 7.60 Å². The van der Waals surface area contributed by atoms with Crippen LogP contribution in [0.4, 0.5) is 4.79 Å². The molecule has 0 aliphatic heterocycles. The molecule has 0 saturated carbocycles. The molecular formula is C15H23N2O6P. The summed E-state index contributed by atoms with van der Waals surface area (Å²) in [6, 6.07) is 9.04. The fourth-order valence-corrected chi connectivity index (χ4v) is 3.73. The van der Waals surface area contributed by atoms with Crippen molar-refractivity contribution < 1.29 is 27.9 Å². The van der Waals surface area contributed by atoms with Crippen molar-refractivity contribution in [2.75, 3.05) is 13.2 Å². The maximum atomic E-state index is 12.7. The highest BCUT2D eigenvalue weighted by Crippen LogP contribution is 2.53. The van der Waals surface area contributed by atoms with Crippen LogP contribution in [0.1, 0.15) is 25.8 Å². The fraction of sp³-hybridized carbons (Fsp3) is 0.467. The second-order valence-electron chi connectivity index (χ2n) is 4.77. The molecule has 1 aromatic carbocycles. The highest BCUT2D eigenvalue weighted by Gasteiger charge is 2.38. The Bertz CT molecular complexity index is 571. The summed E-state index contributed by atoms with van der Waals surface area (Å²) in [5.41, 5.74) is 5.95. The zero-order chi connectivity index (χ0) is 18.0. The molecule has 2 amide bonds. The van der Waals surface area contributed by atoms with Crippen LogP contribution in [0.5, 0.6) is 0 Å². The average Bonchev–Trinajstić information content (AvgIpc) is 2.53. The van der Waals surface area contributed by atoms with Gasteiger partial charge < -0.3 is 24.8 Å². The molecule has 0 radical (unpaired) electrons. The number of hydrogen-bond donors (Lipinski definition) is 2. The molecule has 9 heteroatoms. The van der Waals surface area contributed by atoms with Gasteiger partial charge in [-0.2, -0.15) is 0 Å². The van der Waals surface area contributed by atoms with E-state index in [2.05, 4.69) is 5.32 Å². The van der Waals surface area contributed by atoms with Gasteiger partial charge >= 0.3 is 13.7 Å². The maximum absolute atomic E-state index is 12.7. The van der Waals surface area contributed by atoms with E-state index in [1.54, 1.807) is 26.0 Å². The number of hydrogen-bond acceptors (Lipinski definition) is 6. The predicted molar refractivity (Wildman–Crippen MR) is 88.2 cm³/mol. The van der Waals surface area contributed by atoms with Gasteiger partial charge in [0, 0.05) is 0 Å². The number of benzene rings is 1. The number of carbonyl (C=O) groups excluding carboxylic acids is 2. The third-order valence-corrected chi connectivity index (χ3v) is 5.20. The first-order valence-corrected chi connectivity index (χ1v) is 9.16. The Balaban J connectivity index is 2.75. The molecule has 1 atom stereocenters. The Morgan fingerprint density at radius 2 is 1.75 bits per heavy atom. The largest absolute Gasteiger partial charge is 0.445 e. The van der Waals surface area contributed by atoms with Gasteiger partial charge in [-0.25, -0.2) is 4.79 Å². The Hall–Kier alpha value is -1.89. The first-order chi connectivity index (χ1) is 11.4. The van der Waals surface area contributed by atoms with Crippen LogP contribution < -0.4 is 11.1 Å². The van der Waals surface area contributed by atoms with Crippen LogP contribution in [0.3, 0.4) is 0 Å². The van der Waals surface area contributed by atoms with Crippen molar-refractivity contribution in [3.63, 3.8) is 0 Å². The van der Waals surface area contributed by atoms with Crippen LogP contribution in [-0.2, 0) is 29.8 Å². The molecule has 8 nitrogen and oxygen atoms in total. The number of nitrogens with one attached hydrogen (secondary N) is 1. The summed E-state index contributed by atoms with van der Waals surface area (Å²) < 4.78 is 28.1. The molecular weight excluding hydrogens is 335 g/mol. The Morgan fingerprint density at radius 3 is 2.25 bits per heavy atom.